The molecular formula is C22H31N5O3. The number of methoxy groups -OCH3 is 1. The fraction of sp³-hybridized carbons (Fsp3) is 0.591. The molecule has 0 spiro atoms. The van der Waals surface area contributed by atoms with E-state index in [1.807, 2.05) is 30.4 Å². The van der Waals surface area contributed by atoms with Gasteiger partial charge in [-0.1, -0.05) is 17.3 Å². The van der Waals surface area contributed by atoms with Crippen LogP contribution >= 0.6 is 0 Å². The Hall–Kier alpha value is -2.29. The maximum absolute atomic E-state index is 13.1. The standard InChI is InChI=1S/C22H31N5O3/c1-15-12-26(13-16(2)30-15)22(28)21-17(3)27(24-23-21)20-7-5-6-18-14-25(10-11-29-4)9-8-19(18)20/h5-7,15-16H,8-14H2,1-4H3/t15-,16+. The highest BCUT2D eigenvalue weighted by Crippen LogP contribution is 2.26. The molecule has 8 nitrogen and oxygen atoms in total. The molecule has 0 bridgehead atoms. The maximum atomic E-state index is 13.1. The summed E-state index contributed by atoms with van der Waals surface area (Å²) in [5, 5.41) is 8.65. The van der Waals surface area contributed by atoms with E-state index in [1.165, 1.54) is 11.1 Å². The van der Waals surface area contributed by atoms with Crippen molar-refractivity contribution in [1.82, 2.24) is 24.8 Å². The third-order valence-corrected chi connectivity index (χ3v) is 5.96. The Kier molecular flexibility index (Phi) is 6.17. The third-order valence-electron chi connectivity index (χ3n) is 5.96. The van der Waals surface area contributed by atoms with E-state index in [4.69, 9.17) is 9.47 Å². The number of hydrogen-bond acceptors (Lipinski definition) is 6. The molecule has 1 saturated heterocycles. The van der Waals surface area contributed by atoms with Crippen LogP contribution in [0.3, 0.4) is 0 Å². The van der Waals surface area contributed by atoms with Crippen LogP contribution in [0.25, 0.3) is 5.69 Å². The molecule has 2 aliphatic heterocycles. The van der Waals surface area contributed by atoms with Crippen molar-refractivity contribution in [3.63, 3.8) is 0 Å². The Morgan fingerprint density at radius 1 is 1.27 bits per heavy atom. The summed E-state index contributed by atoms with van der Waals surface area (Å²) in [7, 11) is 1.74. The molecule has 0 unspecified atom stereocenters. The van der Waals surface area contributed by atoms with Crippen LogP contribution in [0.4, 0.5) is 0 Å². The molecule has 4 rings (SSSR count). The third kappa shape index (κ3) is 4.12. The predicted octanol–water partition coefficient (Wildman–Crippen LogP) is 1.83. The fourth-order valence-electron chi connectivity index (χ4n) is 4.51. The van der Waals surface area contributed by atoms with Crippen LogP contribution in [-0.4, -0.2) is 82.8 Å². The highest BCUT2D eigenvalue weighted by atomic mass is 16.5. The number of nitrogens with zero attached hydrogens (tertiary/aromatic N) is 5. The molecule has 1 amide bonds. The molecule has 0 saturated carbocycles. The predicted molar refractivity (Wildman–Crippen MR) is 113 cm³/mol. The molecule has 0 radical (unpaired) electrons. The zero-order valence-corrected chi connectivity index (χ0v) is 18.3. The van der Waals surface area contributed by atoms with Crippen LogP contribution in [0.2, 0.25) is 0 Å². The molecule has 2 aromatic rings. The second-order valence-corrected chi connectivity index (χ2v) is 8.34. The van der Waals surface area contributed by atoms with Gasteiger partial charge in [-0.05, 0) is 44.4 Å². The lowest BCUT2D eigenvalue weighted by Crippen LogP contribution is -2.48. The fourth-order valence-corrected chi connectivity index (χ4v) is 4.51. The quantitative estimate of drug-likeness (QED) is 0.745. The summed E-state index contributed by atoms with van der Waals surface area (Å²) in [5.41, 5.74) is 4.81. The van der Waals surface area contributed by atoms with Gasteiger partial charge in [0.05, 0.1) is 30.2 Å². The van der Waals surface area contributed by atoms with Gasteiger partial charge in [-0.15, -0.1) is 5.10 Å². The number of aromatic nitrogens is 3. The number of amides is 1. The average molecular weight is 414 g/mol. The molecule has 0 aliphatic carbocycles. The van der Waals surface area contributed by atoms with E-state index >= 15 is 0 Å². The van der Waals surface area contributed by atoms with Gasteiger partial charge in [-0.2, -0.15) is 0 Å². The van der Waals surface area contributed by atoms with Gasteiger partial charge in [-0.3, -0.25) is 9.69 Å². The summed E-state index contributed by atoms with van der Waals surface area (Å²) >= 11 is 0. The molecule has 0 N–H and O–H groups in total. The maximum Gasteiger partial charge on any atom is 0.276 e. The van der Waals surface area contributed by atoms with Crippen molar-refractivity contribution < 1.29 is 14.3 Å². The van der Waals surface area contributed by atoms with Crippen LogP contribution in [0.1, 0.15) is 41.2 Å². The van der Waals surface area contributed by atoms with E-state index in [1.54, 1.807) is 7.11 Å². The lowest BCUT2D eigenvalue weighted by atomic mass is 9.97. The number of morpholine rings is 1. The van der Waals surface area contributed by atoms with Gasteiger partial charge in [0.15, 0.2) is 5.69 Å². The van der Waals surface area contributed by atoms with Crippen molar-refractivity contribution in [2.24, 2.45) is 0 Å². The number of hydrogen-bond donors (Lipinski definition) is 0. The second kappa shape index (κ2) is 8.83. The lowest BCUT2D eigenvalue weighted by Gasteiger charge is -2.34. The minimum absolute atomic E-state index is 0.0234. The van der Waals surface area contributed by atoms with Crippen molar-refractivity contribution >= 4 is 5.91 Å². The highest BCUT2D eigenvalue weighted by molar-refractivity contribution is 5.93. The number of carbonyl (C=O) groups excluding carboxylic acids is 1. The first-order chi connectivity index (χ1) is 14.5. The summed E-state index contributed by atoms with van der Waals surface area (Å²) in [6.45, 7) is 10.6. The van der Waals surface area contributed by atoms with Crippen LogP contribution in [0.15, 0.2) is 18.2 Å². The number of carbonyl (C=O) groups is 1. The van der Waals surface area contributed by atoms with E-state index in [2.05, 4.69) is 33.4 Å². The molecule has 1 aromatic carbocycles. The molecule has 2 aliphatic rings. The molecule has 162 valence electrons. The van der Waals surface area contributed by atoms with E-state index < -0.39 is 0 Å². The van der Waals surface area contributed by atoms with Crippen molar-refractivity contribution in [3.8, 4) is 5.69 Å². The lowest BCUT2D eigenvalue weighted by molar-refractivity contribution is -0.0587. The van der Waals surface area contributed by atoms with Gasteiger partial charge >= 0.3 is 0 Å². The molecule has 8 heteroatoms. The zero-order valence-electron chi connectivity index (χ0n) is 18.3. The van der Waals surface area contributed by atoms with Crippen molar-refractivity contribution in [2.75, 3.05) is 39.9 Å². The Morgan fingerprint density at radius 3 is 2.77 bits per heavy atom. The van der Waals surface area contributed by atoms with E-state index in [0.717, 1.165) is 44.0 Å². The first kappa shape index (κ1) is 21.0. The summed E-state index contributed by atoms with van der Waals surface area (Å²) in [4.78, 5) is 17.4. The zero-order chi connectivity index (χ0) is 21.3. The summed E-state index contributed by atoms with van der Waals surface area (Å²) in [5.74, 6) is -0.0729. The average Bonchev–Trinajstić information content (AvgIpc) is 3.11. The largest absolute Gasteiger partial charge is 0.383 e. The summed E-state index contributed by atoms with van der Waals surface area (Å²) in [6, 6.07) is 6.30. The molecule has 1 aromatic heterocycles. The van der Waals surface area contributed by atoms with Crippen LogP contribution in [0.5, 0.6) is 0 Å². The number of rotatable bonds is 5. The number of fused-ring (bicyclic) bond motifs is 1. The first-order valence-electron chi connectivity index (χ1n) is 10.7. The van der Waals surface area contributed by atoms with E-state index in [-0.39, 0.29) is 18.1 Å². The minimum atomic E-state index is -0.0729. The Bertz CT molecular complexity index is 902. The normalized spacial score (nSPS) is 22.2. The highest BCUT2D eigenvalue weighted by Gasteiger charge is 2.30. The molecule has 1 fully saturated rings. The van der Waals surface area contributed by atoms with E-state index in [9.17, 15) is 4.79 Å². The second-order valence-electron chi connectivity index (χ2n) is 8.34. The number of benzene rings is 1. The van der Waals surface area contributed by atoms with Crippen molar-refractivity contribution in [3.05, 3.63) is 40.7 Å². The van der Waals surface area contributed by atoms with Gasteiger partial charge in [0.25, 0.3) is 5.91 Å². The summed E-state index contributed by atoms with van der Waals surface area (Å²) < 4.78 is 12.8. The molecule has 3 heterocycles. The van der Waals surface area contributed by atoms with Gasteiger partial charge in [0, 0.05) is 39.8 Å². The Balaban J connectivity index is 1.58. The molecule has 30 heavy (non-hydrogen) atoms. The van der Waals surface area contributed by atoms with Crippen molar-refractivity contribution in [2.45, 2.75) is 45.9 Å². The van der Waals surface area contributed by atoms with Crippen LogP contribution < -0.4 is 0 Å². The SMILES string of the molecule is COCCN1CCc2c(cccc2-n2nnc(C(=O)N3C[C@@H](C)O[C@@H](C)C3)c2C)C1. The first-order valence-corrected chi connectivity index (χ1v) is 10.7. The van der Waals surface area contributed by atoms with Crippen LogP contribution in [0, 0.1) is 6.92 Å². The topological polar surface area (TPSA) is 72.7 Å². The minimum Gasteiger partial charge on any atom is -0.383 e. The van der Waals surface area contributed by atoms with Crippen LogP contribution in [-0.2, 0) is 22.4 Å². The van der Waals surface area contributed by atoms with Gasteiger partial charge in [0.2, 0.25) is 0 Å². The Morgan fingerprint density at radius 2 is 2.03 bits per heavy atom. The molecule has 2 atom stereocenters. The van der Waals surface area contributed by atoms with Crippen molar-refractivity contribution in [1.29, 1.82) is 0 Å². The Labute approximate surface area is 177 Å². The van der Waals surface area contributed by atoms with Gasteiger partial charge in [-0.25, -0.2) is 4.68 Å². The monoisotopic (exact) mass is 413 g/mol. The van der Waals surface area contributed by atoms with Gasteiger partial charge in [0.1, 0.15) is 0 Å². The summed E-state index contributed by atoms with van der Waals surface area (Å²) in [6.07, 6.45) is 0.988. The van der Waals surface area contributed by atoms with Gasteiger partial charge < -0.3 is 14.4 Å². The smallest absolute Gasteiger partial charge is 0.276 e. The molecular weight excluding hydrogens is 382 g/mol. The number of ether oxygens (including phenoxy) is 2. The van der Waals surface area contributed by atoms with E-state index in [0.29, 0.717) is 18.8 Å².